The van der Waals surface area contributed by atoms with Crippen molar-refractivity contribution in [2.24, 2.45) is 5.92 Å². The van der Waals surface area contributed by atoms with Crippen molar-refractivity contribution >= 4 is 5.91 Å². The van der Waals surface area contributed by atoms with E-state index in [0.29, 0.717) is 6.54 Å². The molecule has 1 aromatic heterocycles. The summed E-state index contributed by atoms with van der Waals surface area (Å²) in [7, 11) is 0. The third-order valence-corrected chi connectivity index (χ3v) is 7.48. The van der Waals surface area contributed by atoms with Crippen molar-refractivity contribution in [1.82, 2.24) is 9.80 Å². The average Bonchev–Trinajstić information content (AvgIpc) is 3.53. The molecule has 178 valence electrons. The van der Waals surface area contributed by atoms with Crippen molar-refractivity contribution in [2.75, 3.05) is 19.6 Å². The number of carbonyl (C=O) groups is 1. The average molecular weight is 461 g/mol. The first-order chi connectivity index (χ1) is 16.7. The molecule has 3 aromatic rings. The summed E-state index contributed by atoms with van der Waals surface area (Å²) in [5.41, 5.74) is 1.77. The molecule has 34 heavy (non-hydrogen) atoms. The summed E-state index contributed by atoms with van der Waals surface area (Å²) in [6, 6.07) is 20.8. The number of nitrogens with zero attached hydrogens (tertiary/aromatic N) is 2. The van der Waals surface area contributed by atoms with Gasteiger partial charge in [-0.2, -0.15) is 0 Å². The molecule has 5 heteroatoms. The minimum absolute atomic E-state index is 0.120. The molecule has 1 saturated heterocycles. The number of rotatable bonds is 7. The Kier molecular flexibility index (Phi) is 7.10. The van der Waals surface area contributed by atoms with Gasteiger partial charge in [-0.25, -0.2) is 4.39 Å². The molecular weight excluding hydrogens is 427 g/mol. The van der Waals surface area contributed by atoms with Crippen LogP contribution in [-0.4, -0.2) is 41.4 Å². The lowest BCUT2D eigenvalue weighted by Gasteiger charge is -2.37. The molecule has 1 amide bonds. The Morgan fingerprint density at radius 1 is 0.971 bits per heavy atom. The van der Waals surface area contributed by atoms with Gasteiger partial charge in [0.25, 0.3) is 5.91 Å². The first-order valence-electron chi connectivity index (χ1n) is 12.5. The number of likely N-dealkylation sites (tertiary alicyclic amines) is 1. The van der Waals surface area contributed by atoms with Crippen molar-refractivity contribution in [2.45, 2.75) is 50.6 Å². The van der Waals surface area contributed by atoms with Crippen LogP contribution in [0.1, 0.15) is 59.7 Å². The fraction of sp³-hybridized carbons (Fsp3) is 0.414. The Balaban J connectivity index is 1.42. The lowest BCUT2D eigenvalue weighted by atomic mass is 9.86. The summed E-state index contributed by atoms with van der Waals surface area (Å²) in [5.74, 6) is 1.25. The lowest BCUT2D eigenvalue weighted by molar-refractivity contribution is 0.0587. The first-order valence-corrected chi connectivity index (χ1v) is 12.5. The van der Waals surface area contributed by atoms with E-state index in [9.17, 15) is 9.18 Å². The number of halogens is 1. The van der Waals surface area contributed by atoms with Crippen molar-refractivity contribution in [3.63, 3.8) is 0 Å². The van der Waals surface area contributed by atoms with E-state index in [2.05, 4.69) is 9.80 Å². The zero-order valence-electron chi connectivity index (χ0n) is 19.6. The summed E-state index contributed by atoms with van der Waals surface area (Å²) in [6.07, 6.45) is 7.42. The maximum absolute atomic E-state index is 14.2. The Labute approximate surface area is 201 Å². The number of furan rings is 1. The number of benzene rings is 2. The Morgan fingerprint density at radius 3 is 2.53 bits per heavy atom. The van der Waals surface area contributed by atoms with Crippen LogP contribution in [0.3, 0.4) is 0 Å². The first kappa shape index (κ1) is 22.9. The maximum Gasteiger partial charge on any atom is 0.254 e. The minimum Gasteiger partial charge on any atom is -0.468 e. The topological polar surface area (TPSA) is 36.7 Å². The molecule has 0 spiro atoms. The predicted octanol–water partition coefficient (Wildman–Crippen LogP) is 6.11. The van der Waals surface area contributed by atoms with E-state index in [0.717, 1.165) is 49.4 Å². The molecule has 4 nitrogen and oxygen atoms in total. The van der Waals surface area contributed by atoms with Crippen LogP contribution in [0.25, 0.3) is 0 Å². The van der Waals surface area contributed by atoms with E-state index >= 15 is 0 Å². The molecular formula is C29H33FN2O2. The molecule has 2 atom stereocenters. The summed E-state index contributed by atoms with van der Waals surface area (Å²) in [5, 5.41) is 0. The third kappa shape index (κ3) is 5.25. The van der Waals surface area contributed by atoms with Crippen LogP contribution in [0.15, 0.2) is 77.4 Å². The number of hydrogen-bond acceptors (Lipinski definition) is 3. The molecule has 2 heterocycles. The largest absolute Gasteiger partial charge is 0.468 e. The molecule has 2 fully saturated rings. The van der Waals surface area contributed by atoms with Gasteiger partial charge in [0.2, 0.25) is 0 Å². The maximum atomic E-state index is 14.2. The number of carbonyl (C=O) groups excluding carboxylic acids is 1. The van der Waals surface area contributed by atoms with Crippen molar-refractivity contribution < 1.29 is 13.6 Å². The van der Waals surface area contributed by atoms with E-state index < -0.39 is 0 Å². The quantitative estimate of drug-likeness (QED) is 0.427. The third-order valence-electron chi connectivity index (χ3n) is 7.48. The molecule has 1 aliphatic heterocycles. The van der Waals surface area contributed by atoms with E-state index in [1.807, 2.05) is 48.5 Å². The van der Waals surface area contributed by atoms with Gasteiger partial charge in [-0.05, 0) is 60.7 Å². The van der Waals surface area contributed by atoms with Gasteiger partial charge in [-0.15, -0.1) is 0 Å². The number of amides is 1. The summed E-state index contributed by atoms with van der Waals surface area (Å²) < 4.78 is 19.8. The van der Waals surface area contributed by atoms with Crippen molar-refractivity contribution in [3.05, 3.63) is 95.7 Å². The lowest BCUT2D eigenvalue weighted by Crippen LogP contribution is -2.45. The van der Waals surface area contributed by atoms with Gasteiger partial charge in [0.15, 0.2) is 0 Å². The molecule has 0 radical (unpaired) electrons. The smallest absolute Gasteiger partial charge is 0.254 e. The van der Waals surface area contributed by atoms with Crippen LogP contribution in [0, 0.1) is 11.7 Å². The van der Waals surface area contributed by atoms with Gasteiger partial charge < -0.3 is 9.32 Å². The summed E-state index contributed by atoms with van der Waals surface area (Å²) in [6.45, 7) is 3.10. The second-order valence-electron chi connectivity index (χ2n) is 9.81. The van der Waals surface area contributed by atoms with Crippen LogP contribution in [-0.2, 0) is 6.54 Å². The Hall–Kier alpha value is -2.92. The predicted molar refractivity (Wildman–Crippen MR) is 131 cm³/mol. The molecule has 2 aromatic carbocycles. The molecule has 0 N–H and O–H groups in total. The monoisotopic (exact) mass is 460 g/mol. The Bertz CT molecular complexity index is 1060. The normalized spacial score (nSPS) is 21.6. The zero-order chi connectivity index (χ0) is 23.3. The van der Waals surface area contributed by atoms with Gasteiger partial charge in [0.1, 0.15) is 11.6 Å². The molecule has 5 rings (SSSR count). The van der Waals surface area contributed by atoms with E-state index in [-0.39, 0.29) is 29.6 Å². The highest BCUT2D eigenvalue weighted by Crippen LogP contribution is 2.36. The van der Waals surface area contributed by atoms with E-state index in [1.54, 1.807) is 18.4 Å². The molecule has 1 aliphatic carbocycles. The summed E-state index contributed by atoms with van der Waals surface area (Å²) >= 11 is 0. The molecule has 2 aliphatic rings. The highest BCUT2D eigenvalue weighted by molar-refractivity contribution is 5.94. The van der Waals surface area contributed by atoms with Crippen molar-refractivity contribution in [1.29, 1.82) is 0 Å². The van der Waals surface area contributed by atoms with Gasteiger partial charge in [-0.1, -0.05) is 49.6 Å². The fourth-order valence-electron chi connectivity index (χ4n) is 5.80. The standard InChI is InChI=1S/C29H33FN2O2/c30-25-12-7-11-23(17-25)28-21-31(20-27-15-8-16-34-27)18-24(28)19-32(26-13-5-2-6-14-26)29(33)22-9-3-1-4-10-22/h1,3-4,7-12,15-17,24,26,28H,2,5-6,13-14,18-21H2. The van der Waals surface area contributed by atoms with Gasteiger partial charge in [0, 0.05) is 37.2 Å². The fourth-order valence-corrected chi connectivity index (χ4v) is 5.80. The van der Waals surface area contributed by atoms with E-state index in [4.69, 9.17) is 4.42 Å². The number of hydrogen-bond donors (Lipinski definition) is 0. The SMILES string of the molecule is O=C(c1ccccc1)N(CC1CN(Cc2ccco2)CC1c1cccc(F)c1)C1CCCCC1. The highest BCUT2D eigenvalue weighted by Gasteiger charge is 2.38. The van der Waals surface area contributed by atoms with Crippen LogP contribution in [0.2, 0.25) is 0 Å². The summed E-state index contributed by atoms with van der Waals surface area (Å²) in [4.78, 5) is 18.2. The van der Waals surface area contributed by atoms with Gasteiger partial charge in [0.05, 0.1) is 12.8 Å². The van der Waals surface area contributed by atoms with Gasteiger partial charge in [-0.3, -0.25) is 9.69 Å². The second-order valence-corrected chi connectivity index (χ2v) is 9.81. The second kappa shape index (κ2) is 10.6. The molecule has 0 bridgehead atoms. The highest BCUT2D eigenvalue weighted by atomic mass is 19.1. The van der Waals surface area contributed by atoms with Crippen LogP contribution in [0.5, 0.6) is 0 Å². The van der Waals surface area contributed by atoms with E-state index in [1.165, 1.54) is 25.3 Å². The molecule has 1 saturated carbocycles. The van der Waals surface area contributed by atoms with Gasteiger partial charge >= 0.3 is 0 Å². The van der Waals surface area contributed by atoms with Crippen LogP contribution in [0.4, 0.5) is 4.39 Å². The minimum atomic E-state index is -0.203. The van der Waals surface area contributed by atoms with Crippen molar-refractivity contribution in [3.8, 4) is 0 Å². The molecule has 2 unspecified atom stereocenters. The zero-order valence-corrected chi connectivity index (χ0v) is 19.6. The van der Waals surface area contributed by atoms with Crippen LogP contribution < -0.4 is 0 Å². The Morgan fingerprint density at radius 2 is 1.79 bits per heavy atom. The van der Waals surface area contributed by atoms with Crippen LogP contribution >= 0.6 is 0 Å².